The van der Waals surface area contributed by atoms with Crippen LogP contribution in [0.2, 0.25) is 0 Å². The summed E-state index contributed by atoms with van der Waals surface area (Å²) in [6.07, 6.45) is 5.17. The van der Waals surface area contributed by atoms with E-state index in [0.717, 1.165) is 44.8 Å². The van der Waals surface area contributed by atoms with E-state index in [0.29, 0.717) is 42.5 Å². The largest absolute Gasteiger partial charge is 0.377 e. The van der Waals surface area contributed by atoms with Gasteiger partial charge in [-0.1, -0.05) is 5.92 Å². The number of anilines is 3. The van der Waals surface area contributed by atoms with Gasteiger partial charge in [0.25, 0.3) is 5.91 Å². The Kier molecular flexibility index (Phi) is 6.22. The number of amides is 1. The second kappa shape index (κ2) is 9.44. The third-order valence-electron chi connectivity index (χ3n) is 6.81. The molecule has 0 saturated carbocycles. The smallest absolute Gasteiger partial charge is 0.298 e. The van der Waals surface area contributed by atoms with E-state index in [1.807, 2.05) is 11.0 Å². The molecular formula is C24H30N8O2. The Morgan fingerprint density at radius 2 is 2.32 bits per heavy atom. The zero-order chi connectivity index (χ0) is 23.5. The highest BCUT2D eigenvalue weighted by atomic mass is 16.5. The summed E-state index contributed by atoms with van der Waals surface area (Å²) in [6.45, 7) is 7.56. The maximum atomic E-state index is 12.8. The van der Waals surface area contributed by atoms with Crippen molar-refractivity contribution in [2.75, 3.05) is 56.2 Å². The number of aromatic amines is 1. The van der Waals surface area contributed by atoms with Crippen LogP contribution in [0.1, 0.15) is 30.9 Å². The van der Waals surface area contributed by atoms with Crippen LogP contribution >= 0.6 is 0 Å². The monoisotopic (exact) mass is 462 g/mol. The molecule has 1 atom stereocenters. The molecule has 3 aliphatic rings. The first-order valence-electron chi connectivity index (χ1n) is 11.7. The average molecular weight is 463 g/mol. The molecular weight excluding hydrogens is 432 g/mol. The molecule has 0 aliphatic carbocycles. The van der Waals surface area contributed by atoms with Gasteiger partial charge in [-0.05, 0) is 32.4 Å². The number of pyridine rings is 1. The van der Waals surface area contributed by atoms with Crippen molar-refractivity contribution in [3.8, 4) is 11.8 Å². The topological polar surface area (TPSA) is 122 Å². The van der Waals surface area contributed by atoms with Gasteiger partial charge in [-0.15, -0.1) is 0 Å². The number of piperidine rings is 1. The van der Waals surface area contributed by atoms with Gasteiger partial charge in [0, 0.05) is 55.4 Å². The van der Waals surface area contributed by atoms with Gasteiger partial charge in [0.05, 0.1) is 31.0 Å². The molecule has 1 amide bonds. The van der Waals surface area contributed by atoms with Crippen LogP contribution in [0.5, 0.6) is 0 Å². The van der Waals surface area contributed by atoms with E-state index in [2.05, 4.69) is 44.5 Å². The van der Waals surface area contributed by atoms with E-state index in [9.17, 15) is 4.79 Å². The number of carbonyl (C=O) groups excluding carboxylic acids is 1. The van der Waals surface area contributed by atoms with Gasteiger partial charge in [-0.3, -0.25) is 9.89 Å². The summed E-state index contributed by atoms with van der Waals surface area (Å²) < 4.78 is 5.58. The minimum Gasteiger partial charge on any atom is -0.377 e. The third kappa shape index (κ3) is 4.49. The standard InChI is InChI=1S/C24H30N8O2/c1-17-13-34-10-9-32(17)21-11-18(19(12-25)23(29-21)28-20-5-8-27-30-20)3-4-22(33)31-15-24(16-31)6-2-7-26-14-24/h5,8,11-12,17,25-26H,2,6-7,9-10,13-16H2,1H3,(H2,27,28,29,30)/t17-/m1/s1. The van der Waals surface area contributed by atoms with Gasteiger partial charge in [0.2, 0.25) is 0 Å². The number of likely N-dealkylation sites (tertiary alicyclic amines) is 1. The molecule has 5 rings (SSSR count). The molecule has 10 nitrogen and oxygen atoms in total. The zero-order valence-corrected chi connectivity index (χ0v) is 19.4. The van der Waals surface area contributed by atoms with Gasteiger partial charge >= 0.3 is 0 Å². The van der Waals surface area contributed by atoms with Crippen LogP contribution in [0.3, 0.4) is 0 Å². The molecule has 0 unspecified atom stereocenters. The molecule has 4 N–H and O–H groups in total. The van der Waals surface area contributed by atoms with Crippen LogP contribution in [0, 0.1) is 22.7 Å². The average Bonchev–Trinajstić information content (AvgIpc) is 3.34. The number of rotatable bonds is 4. The maximum absolute atomic E-state index is 12.8. The summed E-state index contributed by atoms with van der Waals surface area (Å²) in [4.78, 5) is 21.6. The summed E-state index contributed by atoms with van der Waals surface area (Å²) in [7, 11) is 0. The quantitative estimate of drug-likeness (QED) is 0.399. The molecule has 0 aromatic carbocycles. The molecule has 0 radical (unpaired) electrons. The second-order valence-electron chi connectivity index (χ2n) is 9.34. The van der Waals surface area contributed by atoms with Gasteiger partial charge in [-0.25, -0.2) is 4.98 Å². The van der Waals surface area contributed by atoms with Crippen molar-refractivity contribution in [3.63, 3.8) is 0 Å². The van der Waals surface area contributed by atoms with Crippen molar-refractivity contribution in [3.05, 3.63) is 29.5 Å². The first-order chi connectivity index (χ1) is 16.6. The van der Waals surface area contributed by atoms with Crippen molar-refractivity contribution in [1.82, 2.24) is 25.4 Å². The lowest BCUT2D eigenvalue weighted by Crippen LogP contribution is -2.63. The molecule has 178 valence electrons. The number of hydrogen-bond donors (Lipinski definition) is 4. The molecule has 3 saturated heterocycles. The Labute approximate surface area is 199 Å². The summed E-state index contributed by atoms with van der Waals surface area (Å²) >= 11 is 0. The molecule has 10 heteroatoms. The molecule has 34 heavy (non-hydrogen) atoms. The number of nitrogens with one attached hydrogen (secondary N) is 4. The highest BCUT2D eigenvalue weighted by Crippen LogP contribution is 2.36. The van der Waals surface area contributed by atoms with Gasteiger partial charge in [0.1, 0.15) is 17.5 Å². The summed E-state index contributed by atoms with van der Waals surface area (Å²) in [5.41, 5.74) is 1.33. The van der Waals surface area contributed by atoms with Gasteiger partial charge in [-0.2, -0.15) is 5.10 Å². The van der Waals surface area contributed by atoms with E-state index >= 15 is 0 Å². The summed E-state index contributed by atoms with van der Waals surface area (Å²) in [5, 5.41) is 21.5. The predicted molar refractivity (Wildman–Crippen MR) is 130 cm³/mol. The predicted octanol–water partition coefficient (Wildman–Crippen LogP) is 1.33. The number of aromatic nitrogens is 3. The van der Waals surface area contributed by atoms with Gasteiger partial charge < -0.3 is 30.6 Å². The summed E-state index contributed by atoms with van der Waals surface area (Å²) in [6, 6.07) is 3.80. The number of H-pyrrole nitrogens is 1. The fourth-order valence-corrected chi connectivity index (χ4v) is 4.96. The Morgan fingerprint density at radius 1 is 1.44 bits per heavy atom. The molecule has 1 spiro atoms. The normalized spacial score (nSPS) is 21.4. The fraction of sp³-hybridized carbons (Fsp3) is 0.500. The summed E-state index contributed by atoms with van der Waals surface area (Å²) in [5.74, 6) is 7.57. The SMILES string of the molecule is C[C@@H]1COCCN1c1cc(C#CC(=O)N2CC3(CCCNC3)C2)c(C=N)c(Nc2ccn[nH]2)n1. The van der Waals surface area contributed by atoms with Crippen molar-refractivity contribution >= 4 is 29.6 Å². The molecule has 5 heterocycles. The molecule has 0 bridgehead atoms. The van der Waals surface area contributed by atoms with Crippen LogP contribution in [0.15, 0.2) is 18.3 Å². The van der Waals surface area contributed by atoms with Crippen LogP contribution in [0.4, 0.5) is 17.5 Å². The highest BCUT2D eigenvalue weighted by molar-refractivity contribution is 5.96. The lowest BCUT2D eigenvalue weighted by molar-refractivity contribution is -0.138. The Balaban J connectivity index is 1.43. The van der Waals surface area contributed by atoms with Crippen molar-refractivity contribution in [2.24, 2.45) is 5.41 Å². The van der Waals surface area contributed by atoms with E-state index in [4.69, 9.17) is 15.1 Å². The fourth-order valence-electron chi connectivity index (χ4n) is 4.96. The molecule has 3 aliphatic heterocycles. The van der Waals surface area contributed by atoms with Gasteiger partial charge in [0.15, 0.2) is 0 Å². The molecule has 2 aromatic heterocycles. The molecule has 3 fully saturated rings. The zero-order valence-electron chi connectivity index (χ0n) is 19.4. The van der Waals surface area contributed by atoms with Crippen molar-refractivity contribution in [2.45, 2.75) is 25.8 Å². The van der Waals surface area contributed by atoms with E-state index < -0.39 is 0 Å². The number of carbonyl (C=O) groups is 1. The number of morpholine rings is 1. The first-order valence-corrected chi connectivity index (χ1v) is 11.7. The maximum Gasteiger partial charge on any atom is 0.298 e. The Morgan fingerprint density at radius 3 is 3.03 bits per heavy atom. The van der Waals surface area contributed by atoms with E-state index in [-0.39, 0.29) is 17.4 Å². The minimum absolute atomic E-state index is 0.149. The minimum atomic E-state index is -0.173. The van der Waals surface area contributed by atoms with Crippen LogP contribution in [-0.4, -0.2) is 84.2 Å². The number of hydrogen-bond acceptors (Lipinski definition) is 8. The second-order valence-corrected chi connectivity index (χ2v) is 9.34. The Bertz CT molecular complexity index is 1110. The number of ether oxygens (including phenoxy) is 1. The van der Waals surface area contributed by atoms with Crippen molar-refractivity contribution in [1.29, 1.82) is 5.41 Å². The number of nitrogens with zero attached hydrogens (tertiary/aromatic N) is 4. The van der Waals surface area contributed by atoms with Crippen LogP contribution in [0.25, 0.3) is 0 Å². The third-order valence-corrected chi connectivity index (χ3v) is 6.81. The van der Waals surface area contributed by atoms with Crippen molar-refractivity contribution < 1.29 is 9.53 Å². The first kappa shape index (κ1) is 22.4. The van der Waals surface area contributed by atoms with E-state index in [1.54, 1.807) is 12.3 Å². The lowest BCUT2D eigenvalue weighted by Gasteiger charge is -2.51. The molecule has 2 aromatic rings. The highest BCUT2D eigenvalue weighted by Gasteiger charge is 2.45. The lowest BCUT2D eigenvalue weighted by atomic mass is 9.74. The van der Waals surface area contributed by atoms with Crippen LogP contribution < -0.4 is 15.5 Å². The van der Waals surface area contributed by atoms with E-state index in [1.165, 1.54) is 6.21 Å². The Hall–Kier alpha value is -3.42. The van der Waals surface area contributed by atoms with Crippen LogP contribution in [-0.2, 0) is 9.53 Å².